The highest BCUT2D eigenvalue weighted by Gasteiger charge is 2.26. The van der Waals surface area contributed by atoms with Crippen LogP contribution in [0, 0.1) is 0 Å². The number of aliphatic hydroxyl groups is 1. The van der Waals surface area contributed by atoms with Gasteiger partial charge in [-0.05, 0) is 63.0 Å². The summed E-state index contributed by atoms with van der Waals surface area (Å²) >= 11 is 0. The minimum Gasteiger partial charge on any atom is -0.466 e. The Hall–Kier alpha value is -2.31. The van der Waals surface area contributed by atoms with Crippen LogP contribution in [0.5, 0.6) is 0 Å². The fourth-order valence-corrected chi connectivity index (χ4v) is 3.74. The Bertz CT molecular complexity index is 761. The van der Waals surface area contributed by atoms with E-state index < -0.39 is 5.60 Å². The summed E-state index contributed by atoms with van der Waals surface area (Å²) in [5.41, 5.74) is 1.43. The van der Waals surface area contributed by atoms with Crippen molar-refractivity contribution in [2.24, 2.45) is 4.99 Å². The maximum atomic E-state index is 10.6. The quantitative estimate of drug-likeness (QED) is 0.456. The molecular weight excluding hydrogens is 376 g/mol. The summed E-state index contributed by atoms with van der Waals surface area (Å²) < 4.78 is 5.34. The molecule has 30 heavy (non-hydrogen) atoms. The lowest BCUT2D eigenvalue weighted by molar-refractivity contribution is 0.0386. The molecule has 1 aliphatic heterocycles. The van der Waals surface area contributed by atoms with Gasteiger partial charge in [-0.2, -0.15) is 0 Å². The van der Waals surface area contributed by atoms with E-state index in [0.29, 0.717) is 24.8 Å². The van der Waals surface area contributed by atoms with E-state index in [4.69, 9.17) is 4.42 Å². The normalized spacial score (nSPS) is 17.9. The second-order valence-corrected chi connectivity index (χ2v) is 8.31. The molecule has 1 aliphatic rings. The van der Waals surface area contributed by atoms with Gasteiger partial charge in [0.25, 0.3) is 0 Å². The van der Waals surface area contributed by atoms with Gasteiger partial charge in [-0.3, -0.25) is 4.90 Å². The number of rotatable bonds is 8. The second kappa shape index (κ2) is 11.2. The number of furan rings is 1. The monoisotopic (exact) mass is 412 g/mol. The molecule has 1 unspecified atom stereocenters. The maximum Gasteiger partial charge on any atom is 0.191 e. The van der Waals surface area contributed by atoms with E-state index in [-0.39, 0.29) is 0 Å². The fraction of sp³-hybridized carbons (Fsp3) is 0.542. The van der Waals surface area contributed by atoms with Crippen molar-refractivity contribution >= 4 is 5.96 Å². The SMILES string of the molecule is CCNC(=NCc1ccc(CN2CCCCCC2)cc1)NCC(C)(O)c1ccco1. The van der Waals surface area contributed by atoms with Gasteiger partial charge in [0.15, 0.2) is 5.96 Å². The van der Waals surface area contributed by atoms with E-state index >= 15 is 0 Å². The van der Waals surface area contributed by atoms with Gasteiger partial charge in [0, 0.05) is 13.1 Å². The van der Waals surface area contributed by atoms with Gasteiger partial charge in [-0.1, -0.05) is 37.1 Å². The first-order valence-electron chi connectivity index (χ1n) is 11.2. The van der Waals surface area contributed by atoms with Crippen molar-refractivity contribution in [3.05, 3.63) is 59.5 Å². The molecule has 1 atom stereocenters. The van der Waals surface area contributed by atoms with Crippen LogP contribution in [-0.2, 0) is 18.7 Å². The lowest BCUT2D eigenvalue weighted by Crippen LogP contribution is -2.44. The van der Waals surface area contributed by atoms with Gasteiger partial charge >= 0.3 is 0 Å². The number of nitrogens with one attached hydrogen (secondary N) is 2. The van der Waals surface area contributed by atoms with E-state index in [1.54, 1.807) is 25.3 Å². The Labute approximate surface area is 180 Å². The van der Waals surface area contributed by atoms with E-state index in [1.165, 1.54) is 49.9 Å². The number of hydrogen-bond acceptors (Lipinski definition) is 4. The molecule has 1 saturated heterocycles. The van der Waals surface area contributed by atoms with Crippen LogP contribution < -0.4 is 10.6 Å². The van der Waals surface area contributed by atoms with Crippen LogP contribution in [0.15, 0.2) is 52.1 Å². The van der Waals surface area contributed by atoms with Crippen molar-refractivity contribution in [2.45, 2.75) is 58.2 Å². The molecule has 0 aliphatic carbocycles. The third-order valence-corrected chi connectivity index (χ3v) is 5.54. The van der Waals surface area contributed by atoms with Crippen molar-refractivity contribution in [3.63, 3.8) is 0 Å². The van der Waals surface area contributed by atoms with Crippen LogP contribution in [0.1, 0.15) is 56.4 Å². The molecule has 2 aromatic rings. The average Bonchev–Trinajstić information content (AvgIpc) is 3.18. The third-order valence-electron chi connectivity index (χ3n) is 5.54. The van der Waals surface area contributed by atoms with Crippen LogP contribution in [0.3, 0.4) is 0 Å². The number of likely N-dealkylation sites (tertiary alicyclic amines) is 1. The number of benzene rings is 1. The zero-order valence-electron chi connectivity index (χ0n) is 18.4. The molecular formula is C24H36N4O2. The summed E-state index contributed by atoms with van der Waals surface area (Å²) in [6.45, 7) is 8.87. The Morgan fingerprint density at radius 1 is 1.07 bits per heavy atom. The Morgan fingerprint density at radius 3 is 2.40 bits per heavy atom. The number of hydrogen-bond donors (Lipinski definition) is 3. The van der Waals surface area contributed by atoms with Crippen molar-refractivity contribution in [1.82, 2.24) is 15.5 Å². The molecule has 3 rings (SSSR count). The van der Waals surface area contributed by atoms with Gasteiger partial charge in [0.2, 0.25) is 0 Å². The van der Waals surface area contributed by atoms with E-state index in [2.05, 4.69) is 44.8 Å². The van der Waals surface area contributed by atoms with Crippen molar-refractivity contribution in [3.8, 4) is 0 Å². The van der Waals surface area contributed by atoms with Crippen molar-refractivity contribution in [1.29, 1.82) is 0 Å². The lowest BCUT2D eigenvalue weighted by Gasteiger charge is -2.22. The second-order valence-electron chi connectivity index (χ2n) is 8.31. The Balaban J connectivity index is 1.53. The summed E-state index contributed by atoms with van der Waals surface area (Å²) in [5.74, 6) is 1.21. The molecule has 1 aromatic heterocycles. The standard InChI is InChI=1S/C24H36N4O2/c1-3-25-23(27-19-24(2,29)22-9-8-16-30-22)26-17-20-10-12-21(13-11-20)18-28-14-6-4-5-7-15-28/h8-13,16,29H,3-7,14-15,17-19H2,1-2H3,(H2,25,26,27). The molecule has 1 fully saturated rings. The summed E-state index contributed by atoms with van der Waals surface area (Å²) in [7, 11) is 0. The van der Waals surface area contributed by atoms with E-state index in [0.717, 1.165) is 13.1 Å². The molecule has 164 valence electrons. The van der Waals surface area contributed by atoms with Gasteiger partial charge < -0.3 is 20.2 Å². The van der Waals surface area contributed by atoms with Gasteiger partial charge in [-0.15, -0.1) is 0 Å². The third kappa shape index (κ3) is 6.89. The van der Waals surface area contributed by atoms with Gasteiger partial charge in [-0.25, -0.2) is 4.99 Å². The van der Waals surface area contributed by atoms with Crippen molar-refractivity contribution in [2.75, 3.05) is 26.2 Å². The molecule has 1 aromatic carbocycles. The maximum absolute atomic E-state index is 10.6. The zero-order valence-corrected chi connectivity index (χ0v) is 18.4. The molecule has 0 bridgehead atoms. The van der Waals surface area contributed by atoms with Crippen LogP contribution >= 0.6 is 0 Å². The molecule has 0 radical (unpaired) electrons. The number of aliphatic imine (C=N–C) groups is 1. The highest BCUT2D eigenvalue weighted by molar-refractivity contribution is 5.79. The predicted octanol–water partition coefficient (Wildman–Crippen LogP) is 3.62. The molecule has 3 N–H and O–H groups in total. The summed E-state index contributed by atoms with van der Waals surface area (Å²) in [6, 6.07) is 12.3. The molecule has 6 nitrogen and oxygen atoms in total. The number of nitrogens with zero attached hydrogens (tertiary/aromatic N) is 2. The summed E-state index contributed by atoms with van der Waals surface area (Å²) in [4.78, 5) is 7.24. The van der Waals surface area contributed by atoms with Crippen LogP contribution in [0.4, 0.5) is 0 Å². The largest absolute Gasteiger partial charge is 0.466 e. The lowest BCUT2D eigenvalue weighted by atomic mass is 10.0. The fourth-order valence-electron chi connectivity index (χ4n) is 3.74. The average molecular weight is 413 g/mol. The first-order chi connectivity index (χ1) is 14.6. The predicted molar refractivity (Wildman–Crippen MR) is 121 cm³/mol. The van der Waals surface area contributed by atoms with Gasteiger partial charge in [0.05, 0.1) is 19.4 Å². The summed E-state index contributed by atoms with van der Waals surface area (Å²) in [6.07, 6.45) is 6.94. The smallest absolute Gasteiger partial charge is 0.191 e. The van der Waals surface area contributed by atoms with Crippen LogP contribution in [-0.4, -0.2) is 42.1 Å². The van der Waals surface area contributed by atoms with Crippen LogP contribution in [0.2, 0.25) is 0 Å². The first-order valence-corrected chi connectivity index (χ1v) is 11.2. The van der Waals surface area contributed by atoms with Gasteiger partial charge in [0.1, 0.15) is 11.4 Å². The topological polar surface area (TPSA) is 73.0 Å². The minimum atomic E-state index is -1.10. The minimum absolute atomic E-state index is 0.307. The van der Waals surface area contributed by atoms with Crippen LogP contribution in [0.25, 0.3) is 0 Å². The van der Waals surface area contributed by atoms with Crippen molar-refractivity contribution < 1.29 is 9.52 Å². The molecule has 0 spiro atoms. The molecule has 0 amide bonds. The van der Waals surface area contributed by atoms with E-state index in [1.807, 2.05) is 6.92 Å². The molecule has 2 heterocycles. The number of guanidine groups is 1. The molecule has 0 saturated carbocycles. The summed E-state index contributed by atoms with van der Waals surface area (Å²) in [5, 5.41) is 17.1. The highest BCUT2D eigenvalue weighted by atomic mass is 16.4. The Morgan fingerprint density at radius 2 is 1.77 bits per heavy atom. The first kappa shape index (κ1) is 22.4. The molecule has 6 heteroatoms. The Kier molecular flexibility index (Phi) is 8.34. The highest BCUT2D eigenvalue weighted by Crippen LogP contribution is 2.19. The van der Waals surface area contributed by atoms with E-state index in [9.17, 15) is 5.11 Å². The zero-order chi connectivity index (χ0) is 21.2.